The van der Waals surface area contributed by atoms with Gasteiger partial charge in [0, 0.05) is 23.7 Å². The number of hydrogen-bond acceptors (Lipinski definition) is 2. The Morgan fingerprint density at radius 3 is 2.29 bits per heavy atom. The zero-order valence-corrected chi connectivity index (χ0v) is 15.0. The molecule has 0 bridgehead atoms. The summed E-state index contributed by atoms with van der Waals surface area (Å²) in [6, 6.07) is 21.9. The second-order valence-electron chi connectivity index (χ2n) is 6.80. The van der Waals surface area contributed by atoms with Crippen molar-refractivity contribution in [3.8, 4) is 28.1 Å². The van der Waals surface area contributed by atoms with Crippen LogP contribution in [-0.2, 0) is 6.42 Å². The molecule has 1 aliphatic rings. The van der Waals surface area contributed by atoms with Gasteiger partial charge in [0.2, 0.25) is 0 Å². The molecule has 0 fully saturated rings. The van der Waals surface area contributed by atoms with E-state index in [1.165, 1.54) is 16.8 Å². The highest BCUT2D eigenvalue weighted by Crippen LogP contribution is 2.35. The lowest BCUT2D eigenvalue weighted by Gasteiger charge is -2.07. The number of benzene rings is 3. The van der Waals surface area contributed by atoms with Crippen molar-refractivity contribution in [1.29, 1.82) is 0 Å². The minimum atomic E-state index is -0.634. The van der Waals surface area contributed by atoms with Gasteiger partial charge < -0.3 is 5.32 Å². The molecule has 5 heteroatoms. The maximum absolute atomic E-state index is 14.3. The summed E-state index contributed by atoms with van der Waals surface area (Å²) in [4.78, 5) is 0. The fourth-order valence-electron chi connectivity index (χ4n) is 3.69. The number of rotatable bonds is 3. The van der Waals surface area contributed by atoms with Crippen molar-refractivity contribution >= 4 is 5.82 Å². The quantitative estimate of drug-likeness (QED) is 0.517. The zero-order chi connectivity index (χ0) is 19.1. The van der Waals surface area contributed by atoms with E-state index in [4.69, 9.17) is 0 Å². The van der Waals surface area contributed by atoms with Gasteiger partial charge in [-0.1, -0.05) is 54.6 Å². The summed E-state index contributed by atoms with van der Waals surface area (Å²) in [6.07, 6.45) is 0.813. The third kappa shape index (κ3) is 2.76. The van der Waals surface area contributed by atoms with E-state index in [-0.39, 0.29) is 5.69 Å². The molecule has 0 spiro atoms. The lowest BCUT2D eigenvalue weighted by atomic mass is 10.0. The second kappa shape index (κ2) is 6.60. The maximum atomic E-state index is 14.3. The monoisotopic (exact) mass is 373 g/mol. The molecule has 0 saturated heterocycles. The Hall–Kier alpha value is -3.47. The third-order valence-corrected chi connectivity index (χ3v) is 5.05. The van der Waals surface area contributed by atoms with Crippen LogP contribution in [-0.4, -0.2) is 16.3 Å². The number of hydrogen-bond donors (Lipinski definition) is 1. The molecular formula is C23H17F2N3. The minimum absolute atomic E-state index is 0.235. The summed E-state index contributed by atoms with van der Waals surface area (Å²) in [7, 11) is 0. The van der Waals surface area contributed by atoms with Gasteiger partial charge in [-0.05, 0) is 29.7 Å². The van der Waals surface area contributed by atoms with Crippen molar-refractivity contribution in [2.75, 3.05) is 11.9 Å². The second-order valence-corrected chi connectivity index (χ2v) is 6.80. The fraction of sp³-hybridized carbons (Fsp3) is 0.0870. The normalized spacial score (nSPS) is 12.6. The van der Waals surface area contributed by atoms with Crippen molar-refractivity contribution in [1.82, 2.24) is 9.78 Å². The van der Waals surface area contributed by atoms with Gasteiger partial charge in [0.1, 0.15) is 17.3 Å². The molecule has 1 aliphatic heterocycles. The van der Waals surface area contributed by atoms with Crippen molar-refractivity contribution in [2.45, 2.75) is 6.42 Å². The Kier molecular flexibility index (Phi) is 3.93. The number of halogens is 2. The lowest BCUT2D eigenvalue weighted by Crippen LogP contribution is -2.06. The molecule has 3 aromatic carbocycles. The van der Waals surface area contributed by atoms with Gasteiger partial charge in [0.05, 0.1) is 5.69 Å². The van der Waals surface area contributed by atoms with Crippen LogP contribution in [0.25, 0.3) is 28.1 Å². The largest absolute Gasteiger partial charge is 0.369 e. The molecule has 0 unspecified atom stereocenters. The molecule has 0 saturated carbocycles. The molecule has 138 valence electrons. The maximum Gasteiger partial charge on any atom is 0.151 e. The van der Waals surface area contributed by atoms with E-state index in [0.717, 1.165) is 52.8 Å². The highest BCUT2D eigenvalue weighted by atomic mass is 19.1. The summed E-state index contributed by atoms with van der Waals surface area (Å²) < 4.78 is 29.2. The molecule has 3 nitrogen and oxygen atoms in total. The van der Waals surface area contributed by atoms with E-state index in [1.807, 2.05) is 30.3 Å². The van der Waals surface area contributed by atoms with E-state index in [0.29, 0.717) is 0 Å². The van der Waals surface area contributed by atoms with Gasteiger partial charge in [0.15, 0.2) is 5.82 Å². The average molecular weight is 373 g/mol. The van der Waals surface area contributed by atoms with E-state index < -0.39 is 11.6 Å². The number of nitrogens with zero attached hydrogens (tertiary/aromatic N) is 2. The first-order valence-electron chi connectivity index (χ1n) is 9.18. The highest BCUT2D eigenvalue weighted by Gasteiger charge is 2.25. The molecule has 1 N–H and O–H groups in total. The van der Waals surface area contributed by atoms with E-state index in [1.54, 1.807) is 0 Å². The molecule has 2 heterocycles. The molecule has 5 rings (SSSR count). The summed E-state index contributed by atoms with van der Waals surface area (Å²) in [5, 5.41) is 7.93. The van der Waals surface area contributed by atoms with Crippen molar-refractivity contribution in [3.05, 3.63) is 90.0 Å². The van der Waals surface area contributed by atoms with Crippen LogP contribution in [0.15, 0.2) is 72.8 Å². The summed E-state index contributed by atoms with van der Waals surface area (Å²) in [6.45, 7) is 0.769. The Bertz CT molecular complexity index is 1150. The van der Waals surface area contributed by atoms with Gasteiger partial charge in [-0.3, -0.25) is 0 Å². The first-order chi connectivity index (χ1) is 13.7. The molecular weight excluding hydrogens is 356 g/mol. The van der Waals surface area contributed by atoms with Gasteiger partial charge in [0.25, 0.3) is 0 Å². The predicted octanol–water partition coefficient (Wildman–Crippen LogP) is 5.45. The Morgan fingerprint density at radius 2 is 1.54 bits per heavy atom. The van der Waals surface area contributed by atoms with Crippen LogP contribution in [0, 0.1) is 11.6 Å². The van der Waals surface area contributed by atoms with Crippen LogP contribution in [0.4, 0.5) is 14.6 Å². The molecule has 0 amide bonds. The molecule has 1 aromatic heterocycles. The van der Waals surface area contributed by atoms with Crippen LogP contribution in [0.5, 0.6) is 0 Å². The first-order valence-corrected chi connectivity index (χ1v) is 9.18. The number of nitrogens with one attached hydrogen (secondary N) is 1. The molecule has 0 radical (unpaired) electrons. The van der Waals surface area contributed by atoms with Gasteiger partial charge >= 0.3 is 0 Å². The van der Waals surface area contributed by atoms with Crippen LogP contribution >= 0.6 is 0 Å². The predicted molar refractivity (Wildman–Crippen MR) is 107 cm³/mol. The molecule has 0 atom stereocenters. The number of anilines is 1. The van der Waals surface area contributed by atoms with E-state index >= 15 is 0 Å². The Morgan fingerprint density at radius 1 is 0.821 bits per heavy atom. The third-order valence-electron chi connectivity index (χ3n) is 5.05. The first kappa shape index (κ1) is 16.7. The van der Waals surface area contributed by atoms with Gasteiger partial charge in [-0.25, -0.2) is 13.5 Å². The highest BCUT2D eigenvalue weighted by molar-refractivity contribution is 5.75. The average Bonchev–Trinajstić information content (AvgIpc) is 3.32. The van der Waals surface area contributed by atoms with Crippen LogP contribution in [0.3, 0.4) is 0 Å². The van der Waals surface area contributed by atoms with Crippen LogP contribution in [0.2, 0.25) is 0 Å². The van der Waals surface area contributed by atoms with Gasteiger partial charge in [-0.2, -0.15) is 5.10 Å². The zero-order valence-electron chi connectivity index (χ0n) is 15.0. The van der Waals surface area contributed by atoms with Crippen molar-refractivity contribution in [2.24, 2.45) is 0 Å². The Labute approximate surface area is 161 Å². The molecule has 4 aromatic rings. The van der Waals surface area contributed by atoms with Gasteiger partial charge in [-0.15, -0.1) is 0 Å². The van der Waals surface area contributed by atoms with Crippen molar-refractivity contribution < 1.29 is 8.78 Å². The Balaban J connectivity index is 1.58. The summed E-state index contributed by atoms with van der Waals surface area (Å²) in [5.74, 6) is -0.465. The summed E-state index contributed by atoms with van der Waals surface area (Å²) in [5.41, 5.74) is 5.36. The molecule has 28 heavy (non-hydrogen) atoms. The van der Waals surface area contributed by atoms with E-state index in [9.17, 15) is 8.78 Å². The minimum Gasteiger partial charge on any atom is -0.369 e. The number of fused-ring (bicyclic) bond motifs is 1. The van der Waals surface area contributed by atoms with Crippen LogP contribution < -0.4 is 5.32 Å². The van der Waals surface area contributed by atoms with E-state index in [2.05, 4.69) is 34.7 Å². The number of aromatic nitrogens is 2. The SMILES string of the molecule is Fc1ccc(-n2nc(-c3ccc(-c4ccccc4)cc3)c3c2NCC3)c(F)c1. The fourth-order valence-corrected chi connectivity index (χ4v) is 3.69. The lowest BCUT2D eigenvalue weighted by molar-refractivity contribution is 0.574. The smallest absolute Gasteiger partial charge is 0.151 e. The van der Waals surface area contributed by atoms with Crippen LogP contribution in [0.1, 0.15) is 5.56 Å². The van der Waals surface area contributed by atoms with Crippen molar-refractivity contribution in [3.63, 3.8) is 0 Å². The summed E-state index contributed by atoms with van der Waals surface area (Å²) >= 11 is 0. The topological polar surface area (TPSA) is 29.9 Å². The standard InChI is InChI=1S/C23H17F2N3/c24-18-10-11-21(20(25)14-18)28-23-19(12-13-26-23)22(27-28)17-8-6-16(7-9-17)15-4-2-1-3-5-15/h1-11,14,26H,12-13H2. The molecule has 0 aliphatic carbocycles.